The number of rotatable bonds is 3. The van der Waals surface area contributed by atoms with Gasteiger partial charge in [-0.25, -0.2) is 4.39 Å². The van der Waals surface area contributed by atoms with Crippen molar-refractivity contribution >= 4 is 0 Å². The maximum absolute atomic E-state index is 12.0. The number of hydrogen-bond acceptors (Lipinski definition) is 3. The number of benzene rings is 1. The van der Waals surface area contributed by atoms with Crippen molar-refractivity contribution < 1.29 is 9.13 Å². The van der Waals surface area contributed by atoms with Crippen LogP contribution in [-0.4, -0.2) is 37.9 Å². The number of halogens is 1. The smallest absolute Gasteiger partial charge is 0.123 e. The molecule has 1 aromatic rings. The normalized spacial score (nSPS) is 20.2. The number of nitrogens with one attached hydrogen (secondary N) is 1. The zero-order valence-electron chi connectivity index (χ0n) is 12.6. The Kier molecular flexibility index (Phi) is 4.45. The Morgan fingerprint density at radius 3 is 2.86 bits per heavy atom. The van der Waals surface area contributed by atoms with E-state index in [1.807, 2.05) is 24.3 Å². The lowest BCUT2D eigenvalue weighted by molar-refractivity contribution is 0.251. The summed E-state index contributed by atoms with van der Waals surface area (Å²) in [7, 11) is 2.12. The van der Waals surface area contributed by atoms with Gasteiger partial charge in [0.15, 0.2) is 0 Å². The lowest BCUT2D eigenvalue weighted by Crippen LogP contribution is -2.43. The summed E-state index contributed by atoms with van der Waals surface area (Å²) in [6, 6.07) is 7.39. The average Bonchev–Trinajstić information content (AvgIpc) is 2.96. The Balaban J connectivity index is 1.66. The van der Waals surface area contributed by atoms with Crippen LogP contribution in [0, 0.1) is 11.8 Å². The van der Waals surface area contributed by atoms with Crippen LogP contribution >= 0.6 is 0 Å². The molecule has 0 bridgehead atoms. The van der Waals surface area contributed by atoms with Crippen LogP contribution in [-0.2, 0) is 0 Å². The van der Waals surface area contributed by atoms with Gasteiger partial charge in [0, 0.05) is 12.1 Å². The Hall–Kier alpha value is -2.25. The van der Waals surface area contributed by atoms with Crippen molar-refractivity contribution in [2.75, 3.05) is 26.9 Å². The van der Waals surface area contributed by atoms with Crippen molar-refractivity contribution in [3.63, 3.8) is 0 Å². The van der Waals surface area contributed by atoms with Crippen molar-refractivity contribution in [2.45, 2.75) is 12.6 Å². The van der Waals surface area contributed by atoms with Gasteiger partial charge in [0.05, 0.1) is 5.70 Å². The molecule has 4 heteroatoms. The molecule has 114 valence electrons. The molecule has 1 atom stereocenters. The van der Waals surface area contributed by atoms with Crippen LogP contribution in [0.5, 0.6) is 5.75 Å². The van der Waals surface area contributed by atoms with Gasteiger partial charge in [-0.05, 0) is 55.3 Å². The number of allylic oxidation sites excluding steroid dienone is 1. The van der Waals surface area contributed by atoms with Gasteiger partial charge >= 0.3 is 0 Å². The topological polar surface area (TPSA) is 24.5 Å². The number of nitrogens with zero attached hydrogens (tertiary/aromatic N) is 1. The highest BCUT2D eigenvalue weighted by Crippen LogP contribution is 2.22. The van der Waals surface area contributed by atoms with E-state index in [1.54, 1.807) is 0 Å². The van der Waals surface area contributed by atoms with E-state index >= 15 is 0 Å². The predicted molar refractivity (Wildman–Crippen MR) is 85.1 cm³/mol. The number of hydrogen-bond donors (Lipinski definition) is 1. The van der Waals surface area contributed by atoms with Crippen molar-refractivity contribution in [2.24, 2.45) is 0 Å². The molecular formula is C18H19FN2O. The molecule has 1 N–H and O–H groups in total. The molecule has 0 amide bonds. The Morgan fingerprint density at radius 2 is 2.14 bits per heavy atom. The van der Waals surface area contributed by atoms with Crippen LogP contribution in [0.25, 0.3) is 0 Å². The third-order valence-corrected chi connectivity index (χ3v) is 3.76. The first kappa shape index (κ1) is 14.7. The summed E-state index contributed by atoms with van der Waals surface area (Å²) < 4.78 is 17.2. The lowest BCUT2D eigenvalue weighted by atomic mass is 10.1. The molecule has 0 aliphatic carbocycles. The molecular weight excluding hydrogens is 279 g/mol. The largest absolute Gasteiger partial charge is 0.491 e. The van der Waals surface area contributed by atoms with Gasteiger partial charge in [-0.15, -0.1) is 0 Å². The number of likely N-dealkylation sites (N-methyl/N-ethyl adjacent to an activating group) is 1. The second kappa shape index (κ2) is 6.67. The van der Waals surface area contributed by atoms with Crippen molar-refractivity contribution in [1.29, 1.82) is 0 Å². The first-order chi connectivity index (χ1) is 10.8. The summed E-state index contributed by atoms with van der Waals surface area (Å²) in [6.45, 7) is 0.675. The van der Waals surface area contributed by atoms with Crippen molar-refractivity contribution in [1.82, 2.24) is 10.2 Å². The SMILES string of the molecule is CN1CCC=C2C=C(C#Cc3ccc(OCCF)cc3)NC21. The molecule has 0 aromatic heterocycles. The Labute approximate surface area is 130 Å². The molecule has 0 saturated heterocycles. The van der Waals surface area contributed by atoms with Gasteiger partial charge in [0.2, 0.25) is 0 Å². The first-order valence-electron chi connectivity index (χ1n) is 7.45. The van der Waals surface area contributed by atoms with Gasteiger partial charge in [0.1, 0.15) is 25.2 Å². The van der Waals surface area contributed by atoms with E-state index in [4.69, 9.17) is 4.74 Å². The summed E-state index contributed by atoms with van der Waals surface area (Å²) in [5.41, 5.74) is 3.16. The molecule has 0 spiro atoms. The fraction of sp³-hybridized carbons (Fsp3) is 0.333. The molecule has 0 saturated carbocycles. The molecule has 22 heavy (non-hydrogen) atoms. The minimum atomic E-state index is -0.479. The molecule has 2 aliphatic rings. The fourth-order valence-corrected chi connectivity index (χ4v) is 2.62. The Morgan fingerprint density at radius 1 is 1.32 bits per heavy atom. The molecule has 0 fully saturated rings. The molecule has 1 aromatic carbocycles. The predicted octanol–water partition coefficient (Wildman–Crippen LogP) is 2.46. The van der Waals surface area contributed by atoms with Crippen LogP contribution in [0.4, 0.5) is 4.39 Å². The van der Waals surface area contributed by atoms with E-state index in [0.29, 0.717) is 5.75 Å². The van der Waals surface area contributed by atoms with E-state index in [-0.39, 0.29) is 12.8 Å². The highest BCUT2D eigenvalue weighted by atomic mass is 19.1. The van der Waals surface area contributed by atoms with Gasteiger partial charge < -0.3 is 10.1 Å². The first-order valence-corrected chi connectivity index (χ1v) is 7.45. The highest BCUT2D eigenvalue weighted by Gasteiger charge is 2.26. The molecule has 2 aliphatic heterocycles. The third kappa shape index (κ3) is 3.32. The minimum Gasteiger partial charge on any atom is -0.491 e. The summed E-state index contributed by atoms with van der Waals surface area (Å²) in [4.78, 5) is 2.29. The molecule has 0 radical (unpaired) electrons. The average molecular weight is 298 g/mol. The summed E-state index contributed by atoms with van der Waals surface area (Å²) in [5.74, 6) is 6.97. The van der Waals surface area contributed by atoms with Gasteiger partial charge in [-0.3, -0.25) is 4.90 Å². The maximum Gasteiger partial charge on any atom is 0.123 e. The van der Waals surface area contributed by atoms with Gasteiger partial charge in [0.25, 0.3) is 0 Å². The van der Waals surface area contributed by atoms with E-state index in [1.165, 1.54) is 5.57 Å². The van der Waals surface area contributed by atoms with Crippen LogP contribution in [0.15, 0.2) is 47.7 Å². The lowest BCUT2D eigenvalue weighted by Gasteiger charge is -2.29. The second-order valence-electron chi connectivity index (χ2n) is 5.39. The number of fused-ring (bicyclic) bond motifs is 1. The van der Waals surface area contributed by atoms with Crippen LogP contribution in [0.3, 0.4) is 0 Å². The fourth-order valence-electron chi connectivity index (χ4n) is 2.62. The van der Waals surface area contributed by atoms with E-state index < -0.39 is 6.67 Å². The monoisotopic (exact) mass is 298 g/mol. The molecule has 3 nitrogen and oxygen atoms in total. The summed E-state index contributed by atoms with van der Waals surface area (Å²) in [5, 5.41) is 3.43. The van der Waals surface area contributed by atoms with E-state index in [2.05, 4.69) is 41.3 Å². The van der Waals surface area contributed by atoms with Crippen molar-refractivity contribution in [3.8, 4) is 17.6 Å². The summed E-state index contributed by atoms with van der Waals surface area (Å²) in [6.07, 6.45) is 5.73. The quantitative estimate of drug-likeness (QED) is 0.868. The van der Waals surface area contributed by atoms with Crippen LogP contribution in [0.1, 0.15) is 12.0 Å². The zero-order chi connectivity index (χ0) is 15.4. The van der Waals surface area contributed by atoms with E-state index in [9.17, 15) is 4.39 Å². The van der Waals surface area contributed by atoms with E-state index in [0.717, 1.165) is 24.2 Å². The minimum absolute atomic E-state index is 0.0891. The van der Waals surface area contributed by atoms with Gasteiger partial charge in [-0.1, -0.05) is 12.0 Å². The maximum atomic E-state index is 12.0. The zero-order valence-corrected chi connectivity index (χ0v) is 12.6. The summed E-state index contributed by atoms with van der Waals surface area (Å²) >= 11 is 0. The number of alkyl halides is 1. The third-order valence-electron chi connectivity index (χ3n) is 3.76. The standard InChI is InChI=1S/C18H19FN2O/c1-21-11-2-3-15-13-16(20-18(15)21)7-4-14-5-8-17(9-6-14)22-12-10-19/h3,5-6,8-9,13,18,20H,2,10-12H2,1H3. The second-order valence-corrected chi connectivity index (χ2v) is 5.39. The molecule has 3 rings (SSSR count). The number of ether oxygens (including phenoxy) is 1. The Bertz CT molecular complexity index is 652. The van der Waals surface area contributed by atoms with Crippen LogP contribution < -0.4 is 10.1 Å². The molecule has 1 unspecified atom stereocenters. The van der Waals surface area contributed by atoms with Gasteiger partial charge in [-0.2, -0.15) is 0 Å². The highest BCUT2D eigenvalue weighted by molar-refractivity contribution is 5.48. The van der Waals surface area contributed by atoms with Crippen LogP contribution in [0.2, 0.25) is 0 Å². The van der Waals surface area contributed by atoms with Crippen molar-refractivity contribution in [3.05, 3.63) is 53.3 Å². The molecule has 2 heterocycles.